The highest BCUT2D eigenvalue weighted by Crippen LogP contribution is 2.20. The van der Waals surface area contributed by atoms with E-state index >= 15 is 0 Å². The van der Waals surface area contributed by atoms with E-state index in [-0.39, 0.29) is 5.69 Å². The molecule has 17 heavy (non-hydrogen) atoms. The summed E-state index contributed by atoms with van der Waals surface area (Å²) in [5, 5.41) is 13.9. The monoisotopic (exact) mass is 237 g/mol. The van der Waals surface area contributed by atoms with Crippen molar-refractivity contribution in [3.8, 4) is 0 Å². The van der Waals surface area contributed by atoms with Crippen LogP contribution in [0.2, 0.25) is 0 Å². The molecule has 6 heteroatoms. The third-order valence-electron chi connectivity index (χ3n) is 2.84. The van der Waals surface area contributed by atoms with Crippen LogP contribution in [0.3, 0.4) is 0 Å². The molecule has 1 aromatic rings. The summed E-state index contributed by atoms with van der Waals surface area (Å²) in [6.45, 7) is 3.33. The number of nitrogens with zero attached hydrogens (tertiary/aromatic N) is 2. The predicted octanol–water partition coefficient (Wildman–Crippen LogP) is 1.89. The smallest absolute Gasteiger partial charge is 0.287 e. The van der Waals surface area contributed by atoms with Gasteiger partial charge in [0.15, 0.2) is 0 Å². The topological polar surface area (TPSA) is 77.3 Å². The van der Waals surface area contributed by atoms with Crippen LogP contribution >= 0.6 is 0 Å². The van der Waals surface area contributed by atoms with Gasteiger partial charge in [0.1, 0.15) is 12.0 Å². The third-order valence-corrected chi connectivity index (χ3v) is 2.84. The lowest BCUT2D eigenvalue weighted by Crippen LogP contribution is -2.28. The highest BCUT2D eigenvalue weighted by molar-refractivity contribution is 5.48. The van der Waals surface area contributed by atoms with Gasteiger partial charge in [0.25, 0.3) is 5.69 Å². The third kappa shape index (κ3) is 2.91. The second kappa shape index (κ2) is 5.09. The van der Waals surface area contributed by atoms with Crippen LogP contribution in [0.25, 0.3) is 0 Å². The SMILES string of the molecule is Cc1cc([N+](=O)[O-])cnc1NC1CCOCC1. The van der Waals surface area contributed by atoms with Crippen molar-refractivity contribution in [3.63, 3.8) is 0 Å². The molecule has 1 aliphatic rings. The standard InChI is InChI=1S/C11H15N3O3/c1-8-6-10(14(15)16)7-12-11(8)13-9-2-4-17-5-3-9/h6-7,9H,2-5H2,1H3,(H,12,13). The van der Waals surface area contributed by atoms with Crippen LogP contribution < -0.4 is 5.32 Å². The number of rotatable bonds is 3. The fraction of sp³-hybridized carbons (Fsp3) is 0.545. The number of anilines is 1. The van der Waals surface area contributed by atoms with Gasteiger partial charge in [-0.3, -0.25) is 10.1 Å². The van der Waals surface area contributed by atoms with Crippen molar-refractivity contribution in [1.29, 1.82) is 0 Å². The lowest BCUT2D eigenvalue weighted by atomic mass is 10.1. The van der Waals surface area contributed by atoms with Crippen molar-refractivity contribution in [2.75, 3.05) is 18.5 Å². The second-order valence-electron chi connectivity index (χ2n) is 4.15. The molecule has 0 amide bonds. The first kappa shape index (κ1) is 11.8. The first-order valence-corrected chi connectivity index (χ1v) is 5.62. The highest BCUT2D eigenvalue weighted by atomic mass is 16.6. The van der Waals surface area contributed by atoms with Gasteiger partial charge >= 0.3 is 0 Å². The number of aryl methyl sites for hydroxylation is 1. The van der Waals surface area contributed by atoms with Crippen molar-refractivity contribution in [2.24, 2.45) is 0 Å². The van der Waals surface area contributed by atoms with Crippen LogP contribution in [0.15, 0.2) is 12.3 Å². The van der Waals surface area contributed by atoms with Crippen LogP contribution in [0.5, 0.6) is 0 Å². The molecular weight excluding hydrogens is 222 g/mol. The van der Waals surface area contributed by atoms with E-state index in [0.717, 1.165) is 37.4 Å². The molecule has 0 atom stereocenters. The van der Waals surface area contributed by atoms with Crippen LogP contribution in [0.1, 0.15) is 18.4 Å². The van der Waals surface area contributed by atoms with E-state index in [9.17, 15) is 10.1 Å². The average Bonchev–Trinajstić information content (AvgIpc) is 2.33. The molecule has 1 fully saturated rings. The Balaban J connectivity index is 2.08. The van der Waals surface area contributed by atoms with Crippen molar-refractivity contribution in [2.45, 2.75) is 25.8 Å². The summed E-state index contributed by atoms with van der Waals surface area (Å²) in [6, 6.07) is 1.88. The first-order valence-electron chi connectivity index (χ1n) is 5.62. The van der Waals surface area contributed by atoms with Gasteiger partial charge in [-0.2, -0.15) is 0 Å². The molecule has 0 unspecified atom stereocenters. The molecule has 1 aromatic heterocycles. The van der Waals surface area contributed by atoms with Crippen LogP contribution in [-0.2, 0) is 4.74 Å². The van der Waals surface area contributed by atoms with E-state index in [0.29, 0.717) is 6.04 Å². The van der Waals surface area contributed by atoms with E-state index in [1.807, 2.05) is 6.92 Å². The number of aromatic nitrogens is 1. The zero-order valence-electron chi connectivity index (χ0n) is 9.68. The predicted molar refractivity (Wildman–Crippen MR) is 63.1 cm³/mol. The summed E-state index contributed by atoms with van der Waals surface area (Å²) in [5.74, 6) is 0.725. The second-order valence-corrected chi connectivity index (χ2v) is 4.15. The van der Waals surface area contributed by atoms with Gasteiger partial charge in [-0.15, -0.1) is 0 Å². The maximum Gasteiger partial charge on any atom is 0.287 e. The molecule has 1 N–H and O–H groups in total. The largest absolute Gasteiger partial charge is 0.381 e. The summed E-state index contributed by atoms with van der Waals surface area (Å²) in [6.07, 6.45) is 3.17. The van der Waals surface area contributed by atoms with Crippen LogP contribution in [0.4, 0.5) is 11.5 Å². The number of hydrogen-bond acceptors (Lipinski definition) is 5. The Morgan fingerprint density at radius 2 is 2.24 bits per heavy atom. The summed E-state index contributed by atoms with van der Waals surface area (Å²) in [5.41, 5.74) is 0.825. The molecule has 0 radical (unpaired) electrons. The number of nitro groups is 1. The zero-order valence-corrected chi connectivity index (χ0v) is 9.68. The number of ether oxygens (including phenoxy) is 1. The van der Waals surface area contributed by atoms with Gasteiger partial charge in [0.2, 0.25) is 0 Å². The molecule has 1 saturated heterocycles. The van der Waals surface area contributed by atoms with Crippen molar-refractivity contribution < 1.29 is 9.66 Å². The van der Waals surface area contributed by atoms with Crippen LogP contribution in [0, 0.1) is 17.0 Å². The van der Waals surface area contributed by atoms with Crippen LogP contribution in [-0.4, -0.2) is 29.2 Å². The molecular formula is C11H15N3O3. The molecule has 0 aromatic carbocycles. The van der Waals surface area contributed by atoms with E-state index < -0.39 is 4.92 Å². The molecule has 2 heterocycles. The maximum atomic E-state index is 10.6. The average molecular weight is 237 g/mol. The minimum atomic E-state index is -0.432. The Bertz CT molecular complexity index is 416. The summed E-state index contributed by atoms with van der Waals surface area (Å²) < 4.78 is 5.27. The van der Waals surface area contributed by atoms with Crippen molar-refractivity contribution >= 4 is 11.5 Å². The zero-order chi connectivity index (χ0) is 12.3. The molecule has 6 nitrogen and oxygen atoms in total. The summed E-state index contributed by atoms with van der Waals surface area (Å²) in [4.78, 5) is 14.3. The highest BCUT2D eigenvalue weighted by Gasteiger charge is 2.16. The Kier molecular flexibility index (Phi) is 3.53. The van der Waals surface area contributed by atoms with Gasteiger partial charge in [-0.25, -0.2) is 4.98 Å². The molecule has 0 bridgehead atoms. The van der Waals surface area contributed by atoms with E-state index in [4.69, 9.17) is 4.74 Å². The Labute approximate surface area is 99.2 Å². The number of hydrogen-bond donors (Lipinski definition) is 1. The van der Waals surface area contributed by atoms with Gasteiger partial charge < -0.3 is 10.1 Å². The molecule has 2 rings (SSSR count). The minimum absolute atomic E-state index is 0.0278. The summed E-state index contributed by atoms with van der Waals surface area (Å²) >= 11 is 0. The van der Waals surface area contributed by atoms with Gasteiger partial charge in [0, 0.05) is 25.3 Å². The van der Waals surface area contributed by atoms with Gasteiger partial charge in [0.05, 0.1) is 4.92 Å². The molecule has 0 aliphatic carbocycles. The lowest BCUT2D eigenvalue weighted by molar-refractivity contribution is -0.385. The Morgan fingerprint density at radius 3 is 2.82 bits per heavy atom. The number of pyridine rings is 1. The molecule has 0 saturated carbocycles. The Morgan fingerprint density at radius 1 is 1.53 bits per heavy atom. The quantitative estimate of drug-likeness (QED) is 0.641. The van der Waals surface area contributed by atoms with E-state index in [1.165, 1.54) is 12.3 Å². The molecule has 0 spiro atoms. The molecule has 92 valence electrons. The van der Waals surface area contributed by atoms with Crippen molar-refractivity contribution in [3.05, 3.63) is 27.9 Å². The summed E-state index contributed by atoms with van der Waals surface area (Å²) in [7, 11) is 0. The van der Waals surface area contributed by atoms with E-state index in [2.05, 4.69) is 10.3 Å². The lowest BCUT2D eigenvalue weighted by Gasteiger charge is -2.24. The number of nitrogens with one attached hydrogen (secondary N) is 1. The normalized spacial score (nSPS) is 16.8. The fourth-order valence-electron chi connectivity index (χ4n) is 1.85. The van der Waals surface area contributed by atoms with Crippen molar-refractivity contribution in [1.82, 2.24) is 4.98 Å². The fourth-order valence-corrected chi connectivity index (χ4v) is 1.85. The maximum absolute atomic E-state index is 10.6. The van der Waals surface area contributed by atoms with Gasteiger partial charge in [-0.1, -0.05) is 0 Å². The molecule has 1 aliphatic heterocycles. The Hall–Kier alpha value is -1.69. The minimum Gasteiger partial charge on any atom is -0.381 e. The van der Waals surface area contributed by atoms with Gasteiger partial charge in [-0.05, 0) is 25.3 Å². The van der Waals surface area contributed by atoms with E-state index in [1.54, 1.807) is 0 Å². The first-order chi connectivity index (χ1) is 8.16.